The minimum absolute atomic E-state index is 0.0824. The number of amides is 1. The lowest BCUT2D eigenvalue weighted by molar-refractivity contribution is 0.0911. The standard InChI is InChI=1S/C14H11F3N2O2/c15-9-5-8(6-10(16)13(9)17)12(7-20)19-14(21)11-3-1-2-4-18-11/h1-6,12,20H,7H2,(H,19,21). The van der Waals surface area contributed by atoms with Gasteiger partial charge in [-0.15, -0.1) is 0 Å². The van der Waals surface area contributed by atoms with E-state index in [1.54, 1.807) is 12.1 Å². The van der Waals surface area contributed by atoms with Gasteiger partial charge in [0.05, 0.1) is 12.6 Å². The summed E-state index contributed by atoms with van der Waals surface area (Å²) in [6.07, 6.45) is 1.40. The first-order chi connectivity index (χ1) is 10.0. The van der Waals surface area contributed by atoms with Crippen LogP contribution >= 0.6 is 0 Å². The van der Waals surface area contributed by atoms with E-state index in [1.165, 1.54) is 12.3 Å². The fourth-order valence-corrected chi connectivity index (χ4v) is 1.74. The molecule has 1 aromatic carbocycles. The highest BCUT2D eigenvalue weighted by Gasteiger charge is 2.19. The molecule has 0 saturated carbocycles. The van der Waals surface area contributed by atoms with E-state index < -0.39 is 36.0 Å². The third kappa shape index (κ3) is 3.38. The molecule has 1 amide bonds. The predicted octanol–water partition coefficient (Wildman–Crippen LogP) is 1.96. The number of benzene rings is 1. The monoisotopic (exact) mass is 296 g/mol. The summed E-state index contributed by atoms with van der Waals surface area (Å²) in [4.78, 5) is 15.7. The van der Waals surface area contributed by atoms with Crippen molar-refractivity contribution in [3.63, 3.8) is 0 Å². The number of hydrogen-bond acceptors (Lipinski definition) is 3. The van der Waals surface area contributed by atoms with E-state index in [0.29, 0.717) is 0 Å². The van der Waals surface area contributed by atoms with Gasteiger partial charge in [-0.05, 0) is 29.8 Å². The van der Waals surface area contributed by atoms with Crippen molar-refractivity contribution in [3.8, 4) is 0 Å². The van der Waals surface area contributed by atoms with Crippen LogP contribution in [0.15, 0.2) is 36.5 Å². The lowest BCUT2D eigenvalue weighted by Gasteiger charge is -2.17. The first kappa shape index (κ1) is 15.0. The van der Waals surface area contributed by atoms with Crippen LogP contribution in [0.1, 0.15) is 22.1 Å². The SMILES string of the molecule is O=C(NC(CO)c1cc(F)c(F)c(F)c1)c1ccccn1. The number of aliphatic hydroxyl groups is 1. The van der Waals surface area contributed by atoms with Crippen LogP contribution < -0.4 is 5.32 Å². The summed E-state index contributed by atoms with van der Waals surface area (Å²) in [6, 6.07) is 5.01. The zero-order valence-corrected chi connectivity index (χ0v) is 10.7. The summed E-state index contributed by atoms with van der Waals surface area (Å²) in [5.41, 5.74) is -0.00260. The van der Waals surface area contributed by atoms with E-state index in [4.69, 9.17) is 0 Å². The molecule has 0 saturated heterocycles. The van der Waals surface area contributed by atoms with Crippen LogP contribution in [0.5, 0.6) is 0 Å². The number of aromatic nitrogens is 1. The number of rotatable bonds is 4. The molecule has 2 N–H and O–H groups in total. The molecule has 0 fully saturated rings. The number of nitrogens with one attached hydrogen (secondary N) is 1. The van der Waals surface area contributed by atoms with Gasteiger partial charge >= 0.3 is 0 Å². The second-order valence-electron chi connectivity index (χ2n) is 4.22. The normalized spacial score (nSPS) is 12.0. The van der Waals surface area contributed by atoms with Crippen LogP contribution in [-0.2, 0) is 0 Å². The van der Waals surface area contributed by atoms with Crippen molar-refractivity contribution in [2.45, 2.75) is 6.04 Å². The Hall–Kier alpha value is -2.41. The molecule has 0 bridgehead atoms. The zero-order chi connectivity index (χ0) is 15.4. The number of hydrogen-bond donors (Lipinski definition) is 2. The summed E-state index contributed by atoms with van der Waals surface area (Å²) in [7, 11) is 0. The Morgan fingerprint density at radius 1 is 1.24 bits per heavy atom. The number of halogens is 3. The highest BCUT2D eigenvalue weighted by molar-refractivity contribution is 5.92. The molecule has 21 heavy (non-hydrogen) atoms. The van der Waals surface area contributed by atoms with Gasteiger partial charge in [-0.3, -0.25) is 9.78 Å². The van der Waals surface area contributed by atoms with E-state index in [-0.39, 0.29) is 11.3 Å². The molecule has 0 aliphatic carbocycles. The van der Waals surface area contributed by atoms with Gasteiger partial charge in [0, 0.05) is 6.20 Å². The predicted molar refractivity (Wildman–Crippen MR) is 67.8 cm³/mol. The fraction of sp³-hybridized carbons (Fsp3) is 0.143. The molecule has 4 nitrogen and oxygen atoms in total. The van der Waals surface area contributed by atoms with Gasteiger partial charge in [-0.1, -0.05) is 6.07 Å². The number of nitrogens with zero attached hydrogens (tertiary/aromatic N) is 1. The minimum Gasteiger partial charge on any atom is -0.394 e. The summed E-state index contributed by atoms with van der Waals surface area (Å²) in [5, 5.41) is 11.6. The molecule has 1 atom stereocenters. The molecule has 2 aromatic rings. The van der Waals surface area contributed by atoms with Crippen LogP contribution in [0.25, 0.3) is 0 Å². The highest BCUT2D eigenvalue weighted by atomic mass is 19.2. The van der Waals surface area contributed by atoms with Gasteiger partial charge in [0.15, 0.2) is 17.5 Å². The van der Waals surface area contributed by atoms with E-state index in [9.17, 15) is 23.1 Å². The Kier molecular flexibility index (Phi) is 4.54. The third-order valence-electron chi connectivity index (χ3n) is 2.79. The third-order valence-corrected chi connectivity index (χ3v) is 2.79. The second kappa shape index (κ2) is 6.36. The maximum atomic E-state index is 13.2. The Balaban J connectivity index is 2.23. The molecule has 0 aliphatic heterocycles. The number of carbonyl (C=O) groups is 1. The largest absolute Gasteiger partial charge is 0.394 e. The Labute approximate surface area is 118 Å². The Bertz CT molecular complexity index is 627. The van der Waals surface area contributed by atoms with Crippen LogP contribution in [0.4, 0.5) is 13.2 Å². The van der Waals surface area contributed by atoms with Crippen LogP contribution in [-0.4, -0.2) is 22.6 Å². The number of pyridine rings is 1. The average Bonchev–Trinajstić information content (AvgIpc) is 2.50. The molecular weight excluding hydrogens is 285 g/mol. The second-order valence-corrected chi connectivity index (χ2v) is 4.22. The lowest BCUT2D eigenvalue weighted by atomic mass is 10.1. The molecule has 0 aliphatic rings. The van der Waals surface area contributed by atoms with Crippen LogP contribution in [0.3, 0.4) is 0 Å². The van der Waals surface area contributed by atoms with Crippen molar-refractivity contribution in [1.82, 2.24) is 10.3 Å². The minimum atomic E-state index is -1.61. The van der Waals surface area contributed by atoms with E-state index in [2.05, 4.69) is 10.3 Å². The number of aliphatic hydroxyl groups excluding tert-OH is 1. The lowest BCUT2D eigenvalue weighted by Crippen LogP contribution is -2.31. The van der Waals surface area contributed by atoms with Crippen molar-refractivity contribution in [3.05, 3.63) is 65.2 Å². The van der Waals surface area contributed by atoms with Gasteiger partial charge in [0.2, 0.25) is 0 Å². The molecule has 1 aromatic heterocycles. The van der Waals surface area contributed by atoms with Gasteiger partial charge in [0.25, 0.3) is 5.91 Å². The van der Waals surface area contributed by atoms with Gasteiger partial charge < -0.3 is 10.4 Å². The van der Waals surface area contributed by atoms with Crippen molar-refractivity contribution < 1.29 is 23.1 Å². The smallest absolute Gasteiger partial charge is 0.270 e. The average molecular weight is 296 g/mol. The molecular formula is C14H11F3N2O2. The maximum absolute atomic E-state index is 13.2. The topological polar surface area (TPSA) is 62.2 Å². The van der Waals surface area contributed by atoms with Crippen molar-refractivity contribution in [1.29, 1.82) is 0 Å². The van der Waals surface area contributed by atoms with Gasteiger partial charge in [-0.2, -0.15) is 0 Å². The Morgan fingerprint density at radius 3 is 2.43 bits per heavy atom. The molecule has 110 valence electrons. The van der Waals surface area contributed by atoms with E-state index in [1.807, 2.05) is 0 Å². The molecule has 7 heteroatoms. The van der Waals surface area contributed by atoms with Crippen LogP contribution in [0.2, 0.25) is 0 Å². The quantitative estimate of drug-likeness (QED) is 0.848. The summed E-state index contributed by atoms with van der Waals surface area (Å²) in [6.45, 7) is -0.608. The zero-order valence-electron chi connectivity index (χ0n) is 10.7. The molecule has 0 radical (unpaired) electrons. The van der Waals surface area contributed by atoms with Gasteiger partial charge in [-0.25, -0.2) is 13.2 Å². The fourth-order valence-electron chi connectivity index (χ4n) is 1.74. The summed E-state index contributed by atoms with van der Waals surface area (Å²) < 4.78 is 39.2. The van der Waals surface area contributed by atoms with Crippen LogP contribution in [0, 0.1) is 17.5 Å². The summed E-state index contributed by atoms with van der Waals surface area (Å²) >= 11 is 0. The molecule has 1 unspecified atom stereocenters. The van der Waals surface area contributed by atoms with Crippen molar-refractivity contribution in [2.24, 2.45) is 0 Å². The maximum Gasteiger partial charge on any atom is 0.270 e. The van der Waals surface area contributed by atoms with Crippen molar-refractivity contribution in [2.75, 3.05) is 6.61 Å². The van der Waals surface area contributed by atoms with E-state index >= 15 is 0 Å². The molecule has 2 rings (SSSR count). The number of carbonyl (C=O) groups excluding carboxylic acids is 1. The highest BCUT2D eigenvalue weighted by Crippen LogP contribution is 2.19. The van der Waals surface area contributed by atoms with Gasteiger partial charge in [0.1, 0.15) is 5.69 Å². The van der Waals surface area contributed by atoms with E-state index in [0.717, 1.165) is 12.1 Å². The first-order valence-corrected chi connectivity index (χ1v) is 6.00. The Morgan fingerprint density at radius 2 is 1.90 bits per heavy atom. The summed E-state index contributed by atoms with van der Waals surface area (Å²) in [5.74, 6) is -5.02. The van der Waals surface area contributed by atoms with Crippen molar-refractivity contribution >= 4 is 5.91 Å². The first-order valence-electron chi connectivity index (χ1n) is 6.00. The molecule has 0 spiro atoms. The molecule has 1 heterocycles.